The fourth-order valence-electron chi connectivity index (χ4n) is 3.67. The first-order valence-electron chi connectivity index (χ1n) is 10.5. The molecule has 0 fully saturated rings. The number of para-hydroxylation sites is 1. The maximum atomic E-state index is 12.9. The van der Waals surface area contributed by atoms with Crippen LogP contribution in [0.3, 0.4) is 0 Å². The van der Waals surface area contributed by atoms with E-state index in [2.05, 4.69) is 10.3 Å². The van der Waals surface area contributed by atoms with Gasteiger partial charge in [-0.1, -0.05) is 35.9 Å². The molecule has 34 heavy (non-hydrogen) atoms. The SMILES string of the molecule is COc1ccc([C@@H](NC(=O)COc2ccccc2)c2cc(Cl)c3cccnc3c2O)cc1OC. The molecule has 0 aliphatic rings. The van der Waals surface area contributed by atoms with E-state index < -0.39 is 6.04 Å². The Labute approximate surface area is 201 Å². The van der Waals surface area contributed by atoms with Gasteiger partial charge in [-0.25, -0.2) is 0 Å². The van der Waals surface area contributed by atoms with Crippen LogP contribution in [-0.2, 0) is 4.79 Å². The zero-order valence-corrected chi connectivity index (χ0v) is 19.4. The Kier molecular flexibility index (Phi) is 7.04. The molecule has 1 aromatic heterocycles. The molecule has 174 valence electrons. The third-order valence-electron chi connectivity index (χ3n) is 5.32. The molecule has 7 nitrogen and oxygen atoms in total. The molecule has 0 saturated carbocycles. The zero-order valence-electron chi connectivity index (χ0n) is 18.6. The quantitative estimate of drug-likeness (QED) is 0.374. The van der Waals surface area contributed by atoms with Gasteiger partial charge in [-0.15, -0.1) is 0 Å². The minimum atomic E-state index is -0.768. The topological polar surface area (TPSA) is 89.9 Å². The Hall–Kier alpha value is -3.97. The van der Waals surface area contributed by atoms with Crippen LogP contribution in [0.15, 0.2) is 72.9 Å². The summed E-state index contributed by atoms with van der Waals surface area (Å²) in [6.45, 7) is -0.214. The van der Waals surface area contributed by atoms with E-state index in [4.69, 9.17) is 25.8 Å². The standard InChI is InChI=1S/C26H23ClN2O5/c1-32-21-11-10-16(13-22(21)33-2)24(29-23(30)15-34-17-7-4-3-5-8-17)19-14-20(27)18-9-6-12-28-25(18)26(19)31/h3-14,24,31H,15H2,1-2H3,(H,29,30)/t24-/m1/s1. The van der Waals surface area contributed by atoms with Crippen molar-refractivity contribution in [1.82, 2.24) is 10.3 Å². The van der Waals surface area contributed by atoms with Crippen molar-refractivity contribution in [3.63, 3.8) is 0 Å². The number of nitrogens with zero attached hydrogens (tertiary/aromatic N) is 1. The summed E-state index contributed by atoms with van der Waals surface area (Å²) in [6.07, 6.45) is 1.57. The van der Waals surface area contributed by atoms with Crippen molar-refractivity contribution < 1.29 is 24.1 Å². The molecule has 0 spiro atoms. The van der Waals surface area contributed by atoms with E-state index >= 15 is 0 Å². The van der Waals surface area contributed by atoms with Crippen LogP contribution in [-0.4, -0.2) is 36.8 Å². The highest BCUT2D eigenvalue weighted by Gasteiger charge is 2.24. The number of amides is 1. The lowest BCUT2D eigenvalue weighted by Crippen LogP contribution is -2.33. The second-order valence-corrected chi connectivity index (χ2v) is 7.82. The third kappa shape index (κ3) is 4.84. The molecule has 4 rings (SSSR count). The monoisotopic (exact) mass is 478 g/mol. The summed E-state index contributed by atoms with van der Waals surface area (Å²) in [5.41, 5.74) is 1.37. The largest absolute Gasteiger partial charge is 0.505 e. The molecule has 1 atom stereocenters. The highest BCUT2D eigenvalue weighted by molar-refractivity contribution is 6.35. The predicted octanol–water partition coefficient (Wildman–Crippen LogP) is 4.90. The Balaban J connectivity index is 1.74. The number of halogens is 1. The van der Waals surface area contributed by atoms with Gasteiger partial charge in [-0.05, 0) is 48.0 Å². The van der Waals surface area contributed by atoms with Crippen LogP contribution in [0.4, 0.5) is 0 Å². The number of fused-ring (bicyclic) bond motifs is 1. The number of carbonyl (C=O) groups is 1. The number of ether oxygens (including phenoxy) is 3. The van der Waals surface area contributed by atoms with Crippen LogP contribution < -0.4 is 19.5 Å². The Morgan fingerprint density at radius 2 is 1.79 bits per heavy atom. The number of methoxy groups -OCH3 is 2. The smallest absolute Gasteiger partial charge is 0.258 e. The van der Waals surface area contributed by atoms with Crippen LogP contribution in [0.2, 0.25) is 5.02 Å². The number of aromatic nitrogens is 1. The summed E-state index contributed by atoms with van der Waals surface area (Å²) >= 11 is 6.52. The molecule has 0 bridgehead atoms. The number of rotatable bonds is 8. The minimum Gasteiger partial charge on any atom is -0.505 e. The average Bonchev–Trinajstić information content (AvgIpc) is 2.88. The molecular formula is C26H23ClN2O5. The molecule has 0 radical (unpaired) electrons. The van der Waals surface area contributed by atoms with Crippen LogP contribution in [0.1, 0.15) is 17.2 Å². The number of aromatic hydroxyl groups is 1. The summed E-state index contributed by atoms with van der Waals surface area (Å²) in [7, 11) is 3.06. The average molecular weight is 479 g/mol. The molecular weight excluding hydrogens is 456 g/mol. The lowest BCUT2D eigenvalue weighted by atomic mass is 9.95. The summed E-state index contributed by atoms with van der Waals surface area (Å²) in [5, 5.41) is 15.0. The fraction of sp³-hybridized carbons (Fsp3) is 0.154. The van der Waals surface area contributed by atoms with Gasteiger partial charge >= 0.3 is 0 Å². The number of phenols is 1. The second kappa shape index (κ2) is 10.3. The van der Waals surface area contributed by atoms with E-state index in [-0.39, 0.29) is 18.3 Å². The van der Waals surface area contributed by atoms with Crippen molar-refractivity contribution in [3.05, 3.63) is 89.1 Å². The first kappa shape index (κ1) is 23.2. The number of hydrogen-bond donors (Lipinski definition) is 2. The Morgan fingerprint density at radius 1 is 1.03 bits per heavy atom. The molecule has 1 heterocycles. The Bertz CT molecular complexity index is 1310. The molecule has 2 N–H and O–H groups in total. The van der Waals surface area contributed by atoms with Crippen LogP contribution >= 0.6 is 11.6 Å². The first-order valence-corrected chi connectivity index (χ1v) is 10.8. The van der Waals surface area contributed by atoms with Gasteiger partial charge in [0.1, 0.15) is 17.0 Å². The van der Waals surface area contributed by atoms with E-state index in [1.54, 1.807) is 54.7 Å². The van der Waals surface area contributed by atoms with Gasteiger partial charge in [-0.3, -0.25) is 9.78 Å². The number of phenolic OH excluding ortho intramolecular Hbond substituents is 1. The maximum absolute atomic E-state index is 12.9. The lowest BCUT2D eigenvalue weighted by Gasteiger charge is -2.23. The molecule has 3 aromatic carbocycles. The predicted molar refractivity (Wildman–Crippen MR) is 130 cm³/mol. The Morgan fingerprint density at radius 3 is 2.53 bits per heavy atom. The highest BCUT2D eigenvalue weighted by atomic mass is 35.5. The minimum absolute atomic E-state index is 0.0796. The normalized spacial score (nSPS) is 11.6. The number of benzene rings is 3. The van der Waals surface area contributed by atoms with Crippen LogP contribution in [0.5, 0.6) is 23.0 Å². The molecule has 8 heteroatoms. The molecule has 1 amide bonds. The van der Waals surface area contributed by atoms with Gasteiger partial charge in [0.15, 0.2) is 18.1 Å². The van der Waals surface area contributed by atoms with Gasteiger partial charge in [0, 0.05) is 17.1 Å². The molecule has 0 aliphatic carbocycles. The van der Waals surface area contributed by atoms with E-state index in [1.807, 2.05) is 18.2 Å². The first-order chi connectivity index (χ1) is 16.5. The van der Waals surface area contributed by atoms with E-state index in [1.165, 1.54) is 14.2 Å². The molecule has 0 unspecified atom stereocenters. The summed E-state index contributed by atoms with van der Waals surface area (Å²) in [4.78, 5) is 17.2. The van der Waals surface area contributed by atoms with E-state index in [0.717, 1.165) is 0 Å². The van der Waals surface area contributed by atoms with Crippen molar-refractivity contribution in [1.29, 1.82) is 0 Å². The van der Waals surface area contributed by atoms with Crippen molar-refractivity contribution in [3.8, 4) is 23.0 Å². The zero-order chi connectivity index (χ0) is 24.1. The number of nitrogens with one attached hydrogen (secondary N) is 1. The van der Waals surface area contributed by atoms with Crippen molar-refractivity contribution in [2.75, 3.05) is 20.8 Å². The summed E-state index contributed by atoms with van der Waals surface area (Å²) < 4.78 is 16.4. The summed E-state index contributed by atoms with van der Waals surface area (Å²) in [6, 6.07) is 18.6. The molecule has 4 aromatic rings. The van der Waals surface area contributed by atoms with E-state index in [9.17, 15) is 9.90 Å². The van der Waals surface area contributed by atoms with Crippen molar-refractivity contribution >= 4 is 28.4 Å². The van der Waals surface area contributed by atoms with Crippen LogP contribution in [0.25, 0.3) is 10.9 Å². The fourth-order valence-corrected chi connectivity index (χ4v) is 3.94. The van der Waals surface area contributed by atoms with Gasteiger partial charge < -0.3 is 24.6 Å². The highest BCUT2D eigenvalue weighted by Crippen LogP contribution is 2.40. The third-order valence-corrected chi connectivity index (χ3v) is 5.63. The molecule has 0 aliphatic heterocycles. The van der Waals surface area contributed by atoms with Gasteiger partial charge in [0.05, 0.1) is 25.3 Å². The summed E-state index contributed by atoms with van der Waals surface area (Å²) in [5.74, 6) is 1.11. The van der Waals surface area contributed by atoms with Crippen molar-refractivity contribution in [2.24, 2.45) is 0 Å². The van der Waals surface area contributed by atoms with E-state index in [0.29, 0.717) is 44.3 Å². The lowest BCUT2D eigenvalue weighted by molar-refractivity contribution is -0.123. The van der Waals surface area contributed by atoms with Crippen LogP contribution in [0, 0.1) is 0 Å². The number of pyridine rings is 1. The molecule has 0 saturated heterocycles. The number of hydrogen-bond acceptors (Lipinski definition) is 6. The van der Waals surface area contributed by atoms with Crippen molar-refractivity contribution in [2.45, 2.75) is 6.04 Å². The second-order valence-electron chi connectivity index (χ2n) is 7.41. The van der Waals surface area contributed by atoms with Gasteiger partial charge in [0.25, 0.3) is 5.91 Å². The maximum Gasteiger partial charge on any atom is 0.258 e. The van der Waals surface area contributed by atoms with Gasteiger partial charge in [-0.2, -0.15) is 0 Å². The van der Waals surface area contributed by atoms with Gasteiger partial charge in [0.2, 0.25) is 0 Å². The number of carbonyl (C=O) groups excluding carboxylic acids is 1.